The molecule has 0 aromatic heterocycles. The van der Waals surface area contributed by atoms with Crippen LogP contribution in [0.2, 0.25) is 0 Å². The third-order valence-corrected chi connectivity index (χ3v) is 3.28. The van der Waals surface area contributed by atoms with E-state index in [9.17, 15) is 4.79 Å². The number of allylic oxidation sites excluding steroid dienone is 1. The highest BCUT2D eigenvalue weighted by molar-refractivity contribution is 5.70. The minimum absolute atomic E-state index is 0.146. The maximum Gasteiger partial charge on any atom is 0.361 e. The van der Waals surface area contributed by atoms with Gasteiger partial charge in [-0.3, -0.25) is 0 Å². The van der Waals surface area contributed by atoms with Crippen LogP contribution in [0.3, 0.4) is 0 Å². The van der Waals surface area contributed by atoms with Crippen LogP contribution in [0.15, 0.2) is 12.7 Å². The van der Waals surface area contributed by atoms with Crippen LogP contribution < -0.4 is 0 Å². The van der Waals surface area contributed by atoms with Gasteiger partial charge in [0.15, 0.2) is 6.54 Å². The van der Waals surface area contributed by atoms with Gasteiger partial charge in [0, 0.05) is 0 Å². The Labute approximate surface area is 118 Å². The van der Waals surface area contributed by atoms with E-state index in [2.05, 4.69) is 32.3 Å². The fraction of sp³-hybridized carbons (Fsp3) is 0.688. The Morgan fingerprint density at radius 2 is 1.84 bits per heavy atom. The topological polar surface area (TPSA) is 26.3 Å². The SMILES string of the molecule is C=CC#CC[N+](CCCC)(CCCC)CC(=O)OC. The normalized spacial score (nSPS) is 10.5. The number of hydrogen-bond donors (Lipinski definition) is 0. The summed E-state index contributed by atoms with van der Waals surface area (Å²) in [5.74, 6) is 5.87. The quantitative estimate of drug-likeness (QED) is 0.364. The summed E-state index contributed by atoms with van der Waals surface area (Å²) in [6.45, 7) is 11.0. The molecule has 0 fully saturated rings. The second kappa shape index (κ2) is 10.6. The van der Waals surface area contributed by atoms with E-state index in [0.29, 0.717) is 13.1 Å². The van der Waals surface area contributed by atoms with E-state index in [1.807, 2.05) is 0 Å². The smallest absolute Gasteiger partial charge is 0.361 e. The minimum Gasteiger partial charge on any atom is -0.465 e. The molecule has 108 valence electrons. The van der Waals surface area contributed by atoms with E-state index >= 15 is 0 Å². The molecule has 0 atom stereocenters. The van der Waals surface area contributed by atoms with Crippen molar-refractivity contribution in [3.8, 4) is 11.8 Å². The average Bonchev–Trinajstić information content (AvgIpc) is 2.43. The molecule has 0 N–H and O–H groups in total. The summed E-state index contributed by atoms with van der Waals surface area (Å²) in [5, 5.41) is 0. The van der Waals surface area contributed by atoms with Gasteiger partial charge in [0.05, 0.1) is 20.2 Å². The molecular weight excluding hydrogens is 238 g/mol. The summed E-state index contributed by atoms with van der Waals surface area (Å²) in [7, 11) is 1.45. The number of esters is 1. The van der Waals surface area contributed by atoms with Gasteiger partial charge in [-0.15, -0.1) is 0 Å². The molecule has 0 radical (unpaired) electrons. The Morgan fingerprint density at radius 1 is 1.26 bits per heavy atom. The van der Waals surface area contributed by atoms with Gasteiger partial charge in [0.1, 0.15) is 6.54 Å². The highest BCUT2D eigenvalue weighted by atomic mass is 16.5. The van der Waals surface area contributed by atoms with Crippen LogP contribution in [-0.2, 0) is 9.53 Å². The third kappa shape index (κ3) is 7.69. The molecule has 3 nitrogen and oxygen atoms in total. The lowest BCUT2D eigenvalue weighted by atomic mass is 10.2. The van der Waals surface area contributed by atoms with Gasteiger partial charge in [0.2, 0.25) is 0 Å². The van der Waals surface area contributed by atoms with Crippen molar-refractivity contribution in [2.45, 2.75) is 39.5 Å². The lowest BCUT2D eigenvalue weighted by Gasteiger charge is -2.36. The van der Waals surface area contributed by atoms with Crippen LogP contribution in [0.1, 0.15) is 39.5 Å². The first kappa shape index (κ1) is 17.7. The maximum absolute atomic E-state index is 11.7. The Balaban J connectivity index is 4.92. The molecule has 19 heavy (non-hydrogen) atoms. The summed E-state index contributed by atoms with van der Waals surface area (Å²) in [6.07, 6.45) is 6.07. The molecule has 0 aromatic rings. The van der Waals surface area contributed by atoms with Crippen molar-refractivity contribution in [1.82, 2.24) is 0 Å². The van der Waals surface area contributed by atoms with E-state index < -0.39 is 0 Å². The van der Waals surface area contributed by atoms with Crippen LogP contribution in [0, 0.1) is 11.8 Å². The lowest BCUT2D eigenvalue weighted by molar-refractivity contribution is -0.915. The molecule has 0 aromatic carbocycles. The number of quaternary nitrogens is 1. The van der Waals surface area contributed by atoms with Crippen LogP contribution in [0.5, 0.6) is 0 Å². The zero-order valence-electron chi connectivity index (χ0n) is 12.7. The molecule has 0 spiro atoms. The summed E-state index contributed by atoms with van der Waals surface area (Å²) in [4.78, 5) is 11.7. The Kier molecular flexibility index (Phi) is 9.92. The number of hydrogen-bond acceptors (Lipinski definition) is 2. The molecule has 0 unspecified atom stereocenters. The van der Waals surface area contributed by atoms with Crippen molar-refractivity contribution >= 4 is 5.97 Å². The third-order valence-electron chi connectivity index (χ3n) is 3.28. The van der Waals surface area contributed by atoms with E-state index in [1.54, 1.807) is 6.08 Å². The van der Waals surface area contributed by atoms with Crippen molar-refractivity contribution in [2.24, 2.45) is 0 Å². The fourth-order valence-corrected chi connectivity index (χ4v) is 2.09. The van der Waals surface area contributed by atoms with Gasteiger partial charge in [-0.25, -0.2) is 4.79 Å². The number of carbonyl (C=O) groups is 1. The monoisotopic (exact) mass is 266 g/mol. The molecule has 0 aliphatic carbocycles. The zero-order valence-corrected chi connectivity index (χ0v) is 12.7. The molecule has 0 amide bonds. The number of nitrogens with zero attached hydrogens (tertiary/aromatic N) is 1. The van der Waals surface area contributed by atoms with Gasteiger partial charge in [-0.05, 0) is 24.8 Å². The molecule has 0 saturated carbocycles. The van der Waals surface area contributed by atoms with E-state index in [1.165, 1.54) is 7.11 Å². The molecule has 0 rings (SSSR count). The van der Waals surface area contributed by atoms with Gasteiger partial charge in [0.25, 0.3) is 0 Å². The Bertz CT molecular complexity index is 317. The minimum atomic E-state index is -0.146. The standard InChI is InChI=1S/C16H28NO2/c1-5-8-11-14-17(12-9-6-2,13-10-7-3)15-16(18)19-4/h5H,1,6-7,9-10,12-15H2,2-4H3/q+1. The van der Waals surface area contributed by atoms with Crippen molar-refractivity contribution in [2.75, 3.05) is 33.3 Å². The van der Waals surface area contributed by atoms with Gasteiger partial charge < -0.3 is 9.22 Å². The summed E-state index contributed by atoms with van der Waals surface area (Å²) in [6, 6.07) is 0. The van der Waals surface area contributed by atoms with E-state index in [0.717, 1.165) is 43.3 Å². The zero-order chi connectivity index (χ0) is 14.6. The molecule has 0 saturated heterocycles. The highest BCUT2D eigenvalue weighted by Crippen LogP contribution is 2.12. The largest absolute Gasteiger partial charge is 0.465 e. The highest BCUT2D eigenvalue weighted by Gasteiger charge is 2.29. The van der Waals surface area contributed by atoms with E-state index in [4.69, 9.17) is 4.74 Å². The second-order valence-electron chi connectivity index (χ2n) is 4.91. The first-order valence-corrected chi connectivity index (χ1v) is 7.15. The fourth-order valence-electron chi connectivity index (χ4n) is 2.09. The molecular formula is C16H28NO2+. The number of unbranched alkanes of at least 4 members (excludes halogenated alkanes) is 2. The Morgan fingerprint density at radius 3 is 2.26 bits per heavy atom. The summed E-state index contributed by atoms with van der Waals surface area (Å²) in [5.41, 5.74) is 0. The molecule has 0 heterocycles. The predicted octanol–water partition coefficient (Wildman–Crippen LogP) is 2.77. The van der Waals surface area contributed by atoms with Crippen molar-refractivity contribution in [1.29, 1.82) is 0 Å². The molecule has 0 aliphatic rings. The second-order valence-corrected chi connectivity index (χ2v) is 4.91. The van der Waals surface area contributed by atoms with Gasteiger partial charge in [-0.2, -0.15) is 0 Å². The number of rotatable bonds is 9. The molecule has 0 bridgehead atoms. The van der Waals surface area contributed by atoms with Gasteiger partial charge in [-0.1, -0.05) is 39.2 Å². The first-order valence-electron chi connectivity index (χ1n) is 7.15. The van der Waals surface area contributed by atoms with Gasteiger partial charge >= 0.3 is 5.97 Å². The van der Waals surface area contributed by atoms with Crippen molar-refractivity contribution < 1.29 is 14.0 Å². The number of carbonyl (C=O) groups excluding carboxylic acids is 1. The van der Waals surface area contributed by atoms with Crippen LogP contribution >= 0.6 is 0 Å². The van der Waals surface area contributed by atoms with Crippen LogP contribution in [-0.4, -0.2) is 43.7 Å². The maximum atomic E-state index is 11.7. The number of methoxy groups -OCH3 is 1. The van der Waals surface area contributed by atoms with Crippen LogP contribution in [0.4, 0.5) is 0 Å². The summed E-state index contributed by atoms with van der Waals surface area (Å²) >= 11 is 0. The van der Waals surface area contributed by atoms with Crippen molar-refractivity contribution in [3.63, 3.8) is 0 Å². The summed E-state index contributed by atoms with van der Waals surface area (Å²) < 4.78 is 5.57. The first-order chi connectivity index (χ1) is 9.14. The number of ether oxygens (including phenoxy) is 1. The average molecular weight is 266 g/mol. The lowest BCUT2D eigenvalue weighted by Crippen LogP contribution is -2.53. The predicted molar refractivity (Wildman–Crippen MR) is 79.5 cm³/mol. The Hall–Kier alpha value is -1.27. The van der Waals surface area contributed by atoms with Crippen LogP contribution in [0.25, 0.3) is 0 Å². The van der Waals surface area contributed by atoms with Crippen molar-refractivity contribution in [3.05, 3.63) is 12.7 Å². The molecule has 0 aliphatic heterocycles. The molecule has 3 heteroatoms. The van der Waals surface area contributed by atoms with E-state index in [-0.39, 0.29) is 5.97 Å².